The second kappa shape index (κ2) is 8.03. The quantitative estimate of drug-likeness (QED) is 0.658. The van der Waals surface area contributed by atoms with E-state index in [-0.39, 0.29) is 11.1 Å². The number of aliphatic hydroxyl groups is 2. The number of hydrogen-bond acceptors (Lipinski definition) is 4. The fourth-order valence-corrected chi connectivity index (χ4v) is 1.94. The molecule has 0 unspecified atom stereocenters. The molecule has 0 amide bonds. The number of rotatable bonds is 4. The molecule has 2 rings (SSSR count). The summed E-state index contributed by atoms with van der Waals surface area (Å²) in [6, 6.07) is 10.5. The van der Waals surface area contributed by atoms with Crippen molar-refractivity contribution in [3.8, 4) is 0 Å². The van der Waals surface area contributed by atoms with Crippen molar-refractivity contribution < 1.29 is 38.8 Å². The van der Waals surface area contributed by atoms with Crippen LogP contribution in [0.3, 0.4) is 0 Å². The van der Waals surface area contributed by atoms with Crippen LogP contribution in [0.4, 0.5) is 8.78 Å². The summed E-state index contributed by atoms with van der Waals surface area (Å²) in [5, 5.41) is 36.0. The highest BCUT2D eigenvalue weighted by Gasteiger charge is 2.35. The summed E-state index contributed by atoms with van der Waals surface area (Å²) in [6.07, 6.45) is 0. The molecule has 26 heavy (non-hydrogen) atoms. The maximum atomic E-state index is 13.0. The SMILES string of the molecule is C[C@@](O)(C(=O)O)c1ccccc1F.C[C@](O)(C(=O)O)c1ccccc1F. The van der Waals surface area contributed by atoms with Gasteiger partial charge >= 0.3 is 11.9 Å². The third-order valence-corrected chi connectivity index (χ3v) is 3.63. The topological polar surface area (TPSA) is 115 Å². The number of carbonyl (C=O) groups is 2. The first kappa shape index (κ1) is 21.2. The number of carboxylic acids is 2. The van der Waals surface area contributed by atoms with Gasteiger partial charge in [-0.15, -0.1) is 0 Å². The van der Waals surface area contributed by atoms with Crippen molar-refractivity contribution in [2.24, 2.45) is 0 Å². The van der Waals surface area contributed by atoms with Crippen LogP contribution < -0.4 is 0 Å². The lowest BCUT2D eigenvalue weighted by atomic mass is 9.96. The van der Waals surface area contributed by atoms with E-state index in [0.717, 1.165) is 26.0 Å². The zero-order chi connectivity index (χ0) is 20.1. The minimum Gasteiger partial charge on any atom is -0.479 e. The van der Waals surface area contributed by atoms with Gasteiger partial charge in [-0.25, -0.2) is 18.4 Å². The molecule has 0 fully saturated rings. The number of hydrogen-bond donors (Lipinski definition) is 4. The first-order valence-electron chi connectivity index (χ1n) is 7.34. The summed E-state index contributed by atoms with van der Waals surface area (Å²) in [5.74, 6) is -4.40. The number of aliphatic carboxylic acids is 2. The first-order chi connectivity index (χ1) is 11.9. The van der Waals surface area contributed by atoms with Gasteiger partial charge in [0.1, 0.15) is 11.6 Å². The summed E-state index contributed by atoms with van der Waals surface area (Å²) >= 11 is 0. The maximum Gasteiger partial charge on any atom is 0.340 e. The molecule has 0 spiro atoms. The summed E-state index contributed by atoms with van der Waals surface area (Å²) in [4.78, 5) is 21.1. The van der Waals surface area contributed by atoms with E-state index in [0.29, 0.717) is 0 Å². The first-order valence-corrected chi connectivity index (χ1v) is 7.34. The fraction of sp³-hybridized carbons (Fsp3) is 0.222. The maximum absolute atomic E-state index is 13.0. The molecule has 2 aromatic carbocycles. The molecule has 0 bridgehead atoms. The molecule has 6 nitrogen and oxygen atoms in total. The molecule has 0 aromatic heterocycles. The van der Waals surface area contributed by atoms with E-state index in [1.54, 1.807) is 0 Å². The van der Waals surface area contributed by atoms with Crippen LogP contribution in [0.25, 0.3) is 0 Å². The normalized spacial score (nSPS) is 15.0. The average Bonchev–Trinajstić information content (AvgIpc) is 2.55. The van der Waals surface area contributed by atoms with Gasteiger partial charge in [0.05, 0.1) is 0 Å². The van der Waals surface area contributed by atoms with Crippen LogP contribution in [0.2, 0.25) is 0 Å². The Hall–Kier alpha value is -2.84. The predicted octanol–water partition coefficient (Wildman–Crippen LogP) is 2.24. The Morgan fingerprint density at radius 1 is 0.731 bits per heavy atom. The monoisotopic (exact) mass is 368 g/mol. The zero-order valence-electron chi connectivity index (χ0n) is 14.0. The fourth-order valence-electron chi connectivity index (χ4n) is 1.94. The van der Waals surface area contributed by atoms with Crippen molar-refractivity contribution in [1.82, 2.24) is 0 Å². The minimum atomic E-state index is -2.18. The Kier molecular flexibility index (Phi) is 6.55. The predicted molar refractivity (Wildman–Crippen MR) is 87.2 cm³/mol. The molecule has 0 saturated carbocycles. The van der Waals surface area contributed by atoms with Crippen molar-refractivity contribution >= 4 is 11.9 Å². The molecule has 2 aromatic rings. The van der Waals surface area contributed by atoms with Gasteiger partial charge in [0, 0.05) is 11.1 Å². The van der Waals surface area contributed by atoms with Gasteiger partial charge in [-0.3, -0.25) is 0 Å². The number of carboxylic acid groups (broad SMARTS) is 2. The standard InChI is InChI=1S/2C9H9FO3/c2*1-9(13,8(11)12)6-4-2-3-5-7(6)10/h2*2-5,13H,1H3,(H,11,12)/t2*9-/m10/s1. The lowest BCUT2D eigenvalue weighted by Gasteiger charge is -2.18. The Bertz CT molecular complexity index is 734. The minimum absolute atomic E-state index is 0.234. The molecule has 0 aliphatic heterocycles. The van der Waals surface area contributed by atoms with E-state index in [2.05, 4.69) is 0 Å². The largest absolute Gasteiger partial charge is 0.479 e. The second-order valence-corrected chi connectivity index (χ2v) is 5.71. The highest BCUT2D eigenvalue weighted by atomic mass is 19.1. The zero-order valence-corrected chi connectivity index (χ0v) is 14.0. The van der Waals surface area contributed by atoms with Gasteiger partial charge in [0.2, 0.25) is 0 Å². The molecule has 0 heterocycles. The second-order valence-electron chi connectivity index (χ2n) is 5.71. The highest BCUT2D eigenvalue weighted by molar-refractivity contribution is 5.79. The average molecular weight is 368 g/mol. The van der Waals surface area contributed by atoms with Gasteiger partial charge in [0.15, 0.2) is 11.2 Å². The number of benzene rings is 2. The summed E-state index contributed by atoms with van der Waals surface area (Å²) in [6.45, 7) is 2.07. The molecule has 8 heteroatoms. The van der Waals surface area contributed by atoms with Crippen LogP contribution in [0.1, 0.15) is 25.0 Å². The highest BCUT2D eigenvalue weighted by Crippen LogP contribution is 2.24. The van der Waals surface area contributed by atoms with Crippen LogP contribution >= 0.6 is 0 Å². The molecule has 140 valence electrons. The van der Waals surface area contributed by atoms with E-state index in [9.17, 15) is 28.6 Å². The Morgan fingerprint density at radius 2 is 1.00 bits per heavy atom. The van der Waals surface area contributed by atoms with E-state index < -0.39 is 34.8 Å². The van der Waals surface area contributed by atoms with E-state index in [4.69, 9.17) is 10.2 Å². The van der Waals surface area contributed by atoms with Gasteiger partial charge in [-0.05, 0) is 26.0 Å². The molecule has 2 atom stereocenters. The summed E-state index contributed by atoms with van der Waals surface area (Å²) < 4.78 is 26.0. The summed E-state index contributed by atoms with van der Waals surface area (Å²) in [5.41, 5.74) is -4.82. The van der Waals surface area contributed by atoms with Crippen LogP contribution in [-0.2, 0) is 20.8 Å². The third kappa shape index (κ3) is 4.62. The number of halogens is 2. The lowest BCUT2D eigenvalue weighted by Crippen LogP contribution is -2.32. The van der Waals surface area contributed by atoms with Gasteiger partial charge < -0.3 is 20.4 Å². The molecular formula is C18H18F2O6. The Labute approximate surface area is 148 Å². The molecule has 4 N–H and O–H groups in total. The van der Waals surface area contributed by atoms with Crippen LogP contribution in [0, 0.1) is 11.6 Å². The van der Waals surface area contributed by atoms with Crippen molar-refractivity contribution in [3.05, 3.63) is 71.3 Å². The lowest BCUT2D eigenvalue weighted by molar-refractivity contribution is -0.158. The molecule has 0 aliphatic rings. The van der Waals surface area contributed by atoms with Crippen LogP contribution in [0.5, 0.6) is 0 Å². The smallest absolute Gasteiger partial charge is 0.340 e. The van der Waals surface area contributed by atoms with Crippen LogP contribution in [-0.4, -0.2) is 32.4 Å². The van der Waals surface area contributed by atoms with Crippen LogP contribution in [0.15, 0.2) is 48.5 Å². The van der Waals surface area contributed by atoms with Gasteiger partial charge in [-0.1, -0.05) is 36.4 Å². The van der Waals surface area contributed by atoms with Crippen molar-refractivity contribution in [2.75, 3.05) is 0 Å². The van der Waals surface area contributed by atoms with Crippen molar-refractivity contribution in [3.63, 3.8) is 0 Å². The Balaban J connectivity index is 0.000000260. The Morgan fingerprint density at radius 3 is 1.23 bits per heavy atom. The molecule has 0 radical (unpaired) electrons. The van der Waals surface area contributed by atoms with E-state index in [1.165, 1.54) is 36.4 Å². The summed E-state index contributed by atoms with van der Waals surface area (Å²) in [7, 11) is 0. The van der Waals surface area contributed by atoms with E-state index in [1.807, 2.05) is 0 Å². The van der Waals surface area contributed by atoms with E-state index >= 15 is 0 Å². The molecular weight excluding hydrogens is 350 g/mol. The van der Waals surface area contributed by atoms with Gasteiger partial charge in [-0.2, -0.15) is 0 Å². The van der Waals surface area contributed by atoms with Crippen molar-refractivity contribution in [1.29, 1.82) is 0 Å². The van der Waals surface area contributed by atoms with Gasteiger partial charge in [0.25, 0.3) is 0 Å². The van der Waals surface area contributed by atoms with Crippen molar-refractivity contribution in [2.45, 2.75) is 25.0 Å². The molecule has 0 aliphatic carbocycles. The molecule has 0 saturated heterocycles. The third-order valence-electron chi connectivity index (χ3n) is 3.63.